The molecule has 0 bridgehead atoms. The van der Waals surface area contributed by atoms with Crippen molar-refractivity contribution in [1.82, 2.24) is 4.98 Å². The third kappa shape index (κ3) is 3.39. The van der Waals surface area contributed by atoms with E-state index in [0.717, 1.165) is 22.4 Å². The number of nitrogens with one attached hydrogen (secondary N) is 1. The number of anilines is 1. The van der Waals surface area contributed by atoms with Crippen LogP contribution in [0.15, 0.2) is 30.3 Å². The lowest BCUT2D eigenvalue weighted by atomic mass is 10.1. The molecule has 0 amide bonds. The Balaban J connectivity index is 2.28. The van der Waals surface area contributed by atoms with Crippen molar-refractivity contribution in [3.05, 3.63) is 35.9 Å². The highest BCUT2D eigenvalue weighted by Gasteiger charge is 2.09. The first-order chi connectivity index (χ1) is 9.24. The number of rotatable bonds is 5. The summed E-state index contributed by atoms with van der Waals surface area (Å²) in [6, 6.07) is 12.3. The molecule has 0 aliphatic rings. The van der Waals surface area contributed by atoms with Crippen LogP contribution >= 0.6 is 11.8 Å². The zero-order chi connectivity index (χ0) is 13.7. The zero-order valence-corrected chi connectivity index (χ0v) is 12.0. The second-order valence-electron chi connectivity index (χ2n) is 4.39. The van der Waals surface area contributed by atoms with Gasteiger partial charge in [0.1, 0.15) is 11.9 Å². The van der Waals surface area contributed by atoms with Crippen LogP contribution in [-0.2, 0) is 0 Å². The number of nitriles is 1. The SMILES string of the molecule is CCSCC(C)Nc1nc2ccccc2cc1C#N. The normalized spacial score (nSPS) is 12.1. The van der Waals surface area contributed by atoms with Gasteiger partial charge >= 0.3 is 0 Å². The monoisotopic (exact) mass is 271 g/mol. The molecule has 0 aliphatic heterocycles. The number of para-hydroxylation sites is 1. The molecule has 1 aromatic heterocycles. The summed E-state index contributed by atoms with van der Waals surface area (Å²) in [5.74, 6) is 2.79. The van der Waals surface area contributed by atoms with Gasteiger partial charge in [0.05, 0.1) is 11.1 Å². The van der Waals surface area contributed by atoms with Gasteiger partial charge in [-0.2, -0.15) is 17.0 Å². The van der Waals surface area contributed by atoms with Crippen molar-refractivity contribution < 1.29 is 0 Å². The van der Waals surface area contributed by atoms with Gasteiger partial charge in [0.15, 0.2) is 0 Å². The first-order valence-electron chi connectivity index (χ1n) is 6.38. The summed E-state index contributed by atoms with van der Waals surface area (Å²) < 4.78 is 0. The third-order valence-corrected chi connectivity index (χ3v) is 3.94. The van der Waals surface area contributed by atoms with E-state index in [1.165, 1.54) is 0 Å². The number of pyridine rings is 1. The fourth-order valence-corrected chi connectivity index (χ4v) is 2.55. The minimum Gasteiger partial charge on any atom is -0.366 e. The summed E-state index contributed by atoms with van der Waals surface area (Å²) in [6.45, 7) is 4.26. The lowest BCUT2D eigenvalue weighted by Crippen LogP contribution is -2.19. The highest BCUT2D eigenvalue weighted by molar-refractivity contribution is 7.99. The summed E-state index contributed by atoms with van der Waals surface area (Å²) in [5, 5.41) is 13.6. The Bertz CT molecular complexity index is 604. The average molecular weight is 271 g/mol. The second kappa shape index (κ2) is 6.44. The predicted octanol–water partition coefficient (Wildman–Crippen LogP) is 3.66. The number of hydrogen-bond donors (Lipinski definition) is 1. The van der Waals surface area contributed by atoms with Crippen LogP contribution in [-0.4, -0.2) is 22.5 Å². The number of fused-ring (bicyclic) bond motifs is 1. The molecular weight excluding hydrogens is 254 g/mol. The predicted molar refractivity (Wildman–Crippen MR) is 82.5 cm³/mol. The Morgan fingerprint density at radius 1 is 1.42 bits per heavy atom. The largest absolute Gasteiger partial charge is 0.366 e. The maximum absolute atomic E-state index is 9.23. The number of hydrogen-bond acceptors (Lipinski definition) is 4. The molecule has 3 nitrogen and oxygen atoms in total. The van der Waals surface area contributed by atoms with Crippen molar-refractivity contribution in [2.75, 3.05) is 16.8 Å². The summed E-state index contributed by atoms with van der Waals surface area (Å²) in [4.78, 5) is 4.55. The first-order valence-corrected chi connectivity index (χ1v) is 7.54. The molecule has 0 aliphatic carbocycles. The highest BCUT2D eigenvalue weighted by atomic mass is 32.2. The second-order valence-corrected chi connectivity index (χ2v) is 5.71. The van der Waals surface area contributed by atoms with Crippen molar-refractivity contribution >= 4 is 28.5 Å². The van der Waals surface area contributed by atoms with Crippen LogP contribution in [0.2, 0.25) is 0 Å². The van der Waals surface area contributed by atoms with E-state index in [-0.39, 0.29) is 0 Å². The van der Waals surface area contributed by atoms with Gasteiger partial charge in [-0.1, -0.05) is 25.1 Å². The Kier molecular flexibility index (Phi) is 4.64. The van der Waals surface area contributed by atoms with Gasteiger partial charge in [0.2, 0.25) is 0 Å². The fraction of sp³-hybridized carbons (Fsp3) is 0.333. The van der Waals surface area contributed by atoms with Gasteiger partial charge in [0.25, 0.3) is 0 Å². The van der Waals surface area contributed by atoms with Crippen molar-refractivity contribution in [1.29, 1.82) is 5.26 Å². The molecular formula is C15H17N3S. The average Bonchev–Trinajstić information content (AvgIpc) is 2.44. The smallest absolute Gasteiger partial charge is 0.144 e. The van der Waals surface area contributed by atoms with Crippen molar-refractivity contribution in [3.8, 4) is 6.07 Å². The number of aromatic nitrogens is 1. The molecule has 1 heterocycles. The van der Waals surface area contributed by atoms with Gasteiger partial charge in [-0.3, -0.25) is 0 Å². The van der Waals surface area contributed by atoms with E-state index in [4.69, 9.17) is 0 Å². The molecule has 0 saturated carbocycles. The summed E-state index contributed by atoms with van der Waals surface area (Å²) in [5.41, 5.74) is 1.52. The maximum Gasteiger partial charge on any atom is 0.144 e. The molecule has 2 rings (SSSR count). The fourth-order valence-electron chi connectivity index (χ4n) is 1.88. The van der Waals surface area contributed by atoms with Gasteiger partial charge in [-0.25, -0.2) is 4.98 Å². The zero-order valence-electron chi connectivity index (χ0n) is 11.2. The van der Waals surface area contributed by atoms with E-state index >= 15 is 0 Å². The topological polar surface area (TPSA) is 48.7 Å². The van der Waals surface area contributed by atoms with Crippen LogP contribution in [0.4, 0.5) is 5.82 Å². The van der Waals surface area contributed by atoms with E-state index in [2.05, 4.69) is 30.2 Å². The van der Waals surface area contributed by atoms with E-state index in [0.29, 0.717) is 17.4 Å². The summed E-state index contributed by atoms with van der Waals surface area (Å²) >= 11 is 1.88. The molecule has 4 heteroatoms. The van der Waals surface area contributed by atoms with Gasteiger partial charge in [0, 0.05) is 17.2 Å². The van der Waals surface area contributed by atoms with Crippen LogP contribution in [0, 0.1) is 11.3 Å². The molecule has 98 valence electrons. The van der Waals surface area contributed by atoms with Crippen LogP contribution in [0.1, 0.15) is 19.4 Å². The molecule has 1 atom stereocenters. The molecule has 2 aromatic rings. The lowest BCUT2D eigenvalue weighted by molar-refractivity contribution is 0.903. The van der Waals surface area contributed by atoms with E-state index in [1.807, 2.05) is 42.1 Å². The Morgan fingerprint density at radius 3 is 2.95 bits per heavy atom. The van der Waals surface area contributed by atoms with Crippen LogP contribution in [0.3, 0.4) is 0 Å². The molecule has 1 N–H and O–H groups in total. The summed E-state index contributed by atoms with van der Waals surface area (Å²) in [7, 11) is 0. The van der Waals surface area contributed by atoms with Crippen molar-refractivity contribution in [2.45, 2.75) is 19.9 Å². The molecule has 0 saturated heterocycles. The minimum atomic E-state index is 0.297. The van der Waals surface area contributed by atoms with Crippen LogP contribution < -0.4 is 5.32 Å². The Morgan fingerprint density at radius 2 is 2.21 bits per heavy atom. The number of thioether (sulfide) groups is 1. The van der Waals surface area contributed by atoms with Gasteiger partial charge in [-0.15, -0.1) is 0 Å². The number of benzene rings is 1. The lowest BCUT2D eigenvalue weighted by Gasteiger charge is -2.15. The van der Waals surface area contributed by atoms with E-state index < -0.39 is 0 Å². The van der Waals surface area contributed by atoms with E-state index in [9.17, 15) is 5.26 Å². The highest BCUT2D eigenvalue weighted by Crippen LogP contribution is 2.20. The molecule has 0 radical (unpaired) electrons. The quantitative estimate of drug-likeness (QED) is 0.901. The Labute approximate surface area is 118 Å². The molecule has 1 unspecified atom stereocenters. The number of nitrogens with zero attached hydrogens (tertiary/aromatic N) is 2. The molecule has 1 aromatic carbocycles. The van der Waals surface area contributed by atoms with Crippen LogP contribution in [0.5, 0.6) is 0 Å². The van der Waals surface area contributed by atoms with E-state index in [1.54, 1.807) is 0 Å². The third-order valence-electron chi connectivity index (χ3n) is 2.80. The van der Waals surface area contributed by atoms with Gasteiger partial charge < -0.3 is 5.32 Å². The maximum atomic E-state index is 9.23. The first kappa shape index (κ1) is 13.7. The van der Waals surface area contributed by atoms with Gasteiger partial charge in [-0.05, 0) is 24.8 Å². The Hall–Kier alpha value is -1.73. The standard InChI is InChI=1S/C15H17N3S/c1-3-19-10-11(2)17-15-13(9-16)8-12-6-4-5-7-14(12)18-15/h4-8,11H,3,10H2,1-2H3,(H,17,18). The molecule has 0 fully saturated rings. The van der Waals surface area contributed by atoms with Crippen molar-refractivity contribution in [3.63, 3.8) is 0 Å². The van der Waals surface area contributed by atoms with Crippen molar-refractivity contribution in [2.24, 2.45) is 0 Å². The summed E-state index contributed by atoms with van der Waals surface area (Å²) in [6.07, 6.45) is 0. The minimum absolute atomic E-state index is 0.297. The van der Waals surface area contributed by atoms with Crippen LogP contribution in [0.25, 0.3) is 10.9 Å². The molecule has 0 spiro atoms. The molecule has 19 heavy (non-hydrogen) atoms.